The number of benzene rings is 1. The summed E-state index contributed by atoms with van der Waals surface area (Å²) < 4.78 is 41.4. The minimum atomic E-state index is -4.49. The van der Waals surface area contributed by atoms with Crippen molar-refractivity contribution >= 4 is 17.5 Å². The van der Waals surface area contributed by atoms with Gasteiger partial charge in [0, 0.05) is 16.8 Å². The fourth-order valence-electron chi connectivity index (χ4n) is 2.14. The minimum absolute atomic E-state index is 0.0133. The highest BCUT2D eigenvalue weighted by molar-refractivity contribution is 5.97. The van der Waals surface area contributed by atoms with Gasteiger partial charge in [-0.3, -0.25) is 9.59 Å². The monoisotopic (exact) mass is 355 g/mol. The Morgan fingerprint density at radius 3 is 2.56 bits per heavy atom. The number of carbonyl (C=O) groups excluding carboxylic acids is 2. The molecule has 2 rings (SSSR count). The van der Waals surface area contributed by atoms with Crippen molar-refractivity contribution in [1.29, 1.82) is 0 Å². The number of rotatable bonds is 5. The molecule has 25 heavy (non-hydrogen) atoms. The number of carbonyl (C=O) groups is 2. The first-order valence-electron chi connectivity index (χ1n) is 7.32. The molecule has 2 N–H and O–H groups in total. The number of aromatic nitrogens is 1. The lowest BCUT2D eigenvalue weighted by atomic mass is 10.1. The normalized spacial score (nSPS) is 11.2. The van der Waals surface area contributed by atoms with Gasteiger partial charge in [-0.25, -0.2) is 0 Å². The molecule has 0 radical (unpaired) electrons. The zero-order chi connectivity index (χ0) is 18.6. The molecule has 134 valence electrons. The number of nitrogens with one attached hydrogen (secondary N) is 2. The summed E-state index contributed by atoms with van der Waals surface area (Å²) in [6, 6.07) is 5.66. The molecule has 0 unspecified atom stereocenters. The Balaban J connectivity index is 2.01. The van der Waals surface area contributed by atoms with Crippen molar-refractivity contribution in [1.82, 2.24) is 10.5 Å². The van der Waals surface area contributed by atoms with Crippen LogP contribution in [0.3, 0.4) is 0 Å². The lowest BCUT2D eigenvalue weighted by Crippen LogP contribution is -2.33. The number of anilines is 1. The van der Waals surface area contributed by atoms with E-state index in [1.165, 1.54) is 24.3 Å². The molecule has 6 nitrogen and oxygen atoms in total. The number of alkyl halides is 3. The Morgan fingerprint density at radius 2 is 1.96 bits per heavy atom. The molecule has 0 fully saturated rings. The summed E-state index contributed by atoms with van der Waals surface area (Å²) in [6.07, 6.45) is -4.46. The predicted molar refractivity (Wildman–Crippen MR) is 83.1 cm³/mol. The molecule has 1 heterocycles. The maximum atomic E-state index is 12.1. The van der Waals surface area contributed by atoms with Crippen LogP contribution >= 0.6 is 0 Å². The fourth-order valence-corrected chi connectivity index (χ4v) is 2.14. The highest BCUT2D eigenvalue weighted by atomic mass is 19.4. The molecule has 1 aromatic carbocycles. The van der Waals surface area contributed by atoms with Crippen LogP contribution < -0.4 is 10.6 Å². The second-order valence-electron chi connectivity index (χ2n) is 5.41. The highest BCUT2D eigenvalue weighted by Crippen LogP contribution is 2.16. The van der Waals surface area contributed by atoms with E-state index in [-0.39, 0.29) is 17.9 Å². The number of halogens is 3. The van der Waals surface area contributed by atoms with Gasteiger partial charge >= 0.3 is 6.18 Å². The standard InChI is InChI=1S/C16H16F3N3O3/c1-9-13(10(2)25-22-9)7-14(23)21-12-5-3-4-11(6-12)15(24)20-8-16(17,18)19/h3-6H,7-8H2,1-2H3,(H,20,24)(H,21,23). The predicted octanol–water partition coefficient (Wildman–Crippen LogP) is 2.76. The van der Waals surface area contributed by atoms with Crippen molar-refractivity contribution < 1.29 is 27.3 Å². The molecule has 0 atom stereocenters. The maximum Gasteiger partial charge on any atom is 0.405 e. The second-order valence-corrected chi connectivity index (χ2v) is 5.41. The summed E-state index contributed by atoms with van der Waals surface area (Å²) in [7, 11) is 0. The Kier molecular flexibility index (Phi) is 5.45. The molecule has 2 amide bonds. The average molecular weight is 355 g/mol. The fraction of sp³-hybridized carbons (Fsp3) is 0.312. The maximum absolute atomic E-state index is 12.1. The van der Waals surface area contributed by atoms with E-state index in [1.54, 1.807) is 19.2 Å². The van der Waals surface area contributed by atoms with E-state index in [9.17, 15) is 22.8 Å². The third kappa shape index (κ3) is 5.33. The van der Waals surface area contributed by atoms with Gasteiger partial charge in [-0.05, 0) is 32.0 Å². The van der Waals surface area contributed by atoms with Crippen molar-refractivity contribution in [3.8, 4) is 0 Å². The van der Waals surface area contributed by atoms with E-state index in [2.05, 4.69) is 10.5 Å². The van der Waals surface area contributed by atoms with Gasteiger partial charge in [0.25, 0.3) is 5.91 Å². The van der Waals surface area contributed by atoms with E-state index >= 15 is 0 Å². The number of nitrogens with zero attached hydrogens (tertiary/aromatic N) is 1. The summed E-state index contributed by atoms with van der Waals surface area (Å²) in [4.78, 5) is 23.8. The molecule has 0 spiro atoms. The summed E-state index contributed by atoms with van der Waals surface area (Å²) in [5.41, 5.74) is 1.58. The second kappa shape index (κ2) is 7.37. The van der Waals surface area contributed by atoms with Crippen LogP contribution in [0.5, 0.6) is 0 Å². The van der Waals surface area contributed by atoms with Gasteiger partial charge in [-0.2, -0.15) is 13.2 Å². The quantitative estimate of drug-likeness (QED) is 0.864. The van der Waals surface area contributed by atoms with Crippen LogP contribution in [-0.2, 0) is 11.2 Å². The van der Waals surface area contributed by atoms with E-state index in [1.807, 2.05) is 0 Å². The molecule has 0 aliphatic heterocycles. The molecule has 0 saturated heterocycles. The molecular formula is C16H16F3N3O3. The van der Waals surface area contributed by atoms with Crippen LogP contribution in [0, 0.1) is 13.8 Å². The highest BCUT2D eigenvalue weighted by Gasteiger charge is 2.27. The van der Waals surface area contributed by atoms with Crippen LogP contribution in [0.15, 0.2) is 28.8 Å². The van der Waals surface area contributed by atoms with Gasteiger partial charge in [0.1, 0.15) is 12.3 Å². The SMILES string of the molecule is Cc1noc(C)c1CC(=O)Nc1cccc(C(=O)NCC(F)(F)F)c1. The average Bonchev–Trinajstić information content (AvgIpc) is 2.84. The third-order valence-electron chi connectivity index (χ3n) is 3.38. The lowest BCUT2D eigenvalue weighted by Gasteiger charge is -2.10. The van der Waals surface area contributed by atoms with E-state index in [4.69, 9.17) is 4.52 Å². The molecule has 2 aromatic rings. The van der Waals surface area contributed by atoms with Crippen molar-refractivity contribution in [3.63, 3.8) is 0 Å². The van der Waals surface area contributed by atoms with Gasteiger partial charge in [0.05, 0.1) is 12.1 Å². The van der Waals surface area contributed by atoms with Crippen molar-refractivity contribution in [2.24, 2.45) is 0 Å². The van der Waals surface area contributed by atoms with Crippen molar-refractivity contribution in [2.75, 3.05) is 11.9 Å². The summed E-state index contributed by atoms with van der Waals surface area (Å²) in [5.74, 6) is -0.700. The number of amides is 2. The van der Waals surface area contributed by atoms with Crippen LogP contribution in [0.2, 0.25) is 0 Å². The van der Waals surface area contributed by atoms with E-state index in [0.29, 0.717) is 22.7 Å². The zero-order valence-electron chi connectivity index (χ0n) is 13.5. The topological polar surface area (TPSA) is 84.2 Å². The molecule has 0 aliphatic carbocycles. The van der Waals surface area contributed by atoms with Crippen molar-refractivity contribution in [3.05, 3.63) is 46.8 Å². The van der Waals surface area contributed by atoms with E-state index < -0.39 is 18.6 Å². The summed E-state index contributed by atoms with van der Waals surface area (Å²) in [6.45, 7) is 1.98. The molecule has 9 heteroatoms. The van der Waals surface area contributed by atoms with Gasteiger partial charge in [0.15, 0.2) is 0 Å². The molecule has 0 aliphatic rings. The van der Waals surface area contributed by atoms with Gasteiger partial charge < -0.3 is 15.2 Å². The Labute approximate surface area is 141 Å². The lowest BCUT2D eigenvalue weighted by molar-refractivity contribution is -0.123. The van der Waals surface area contributed by atoms with Crippen LogP contribution in [-0.4, -0.2) is 29.7 Å². The Morgan fingerprint density at radius 1 is 1.24 bits per heavy atom. The number of hydrogen-bond acceptors (Lipinski definition) is 4. The smallest absolute Gasteiger partial charge is 0.361 e. The van der Waals surface area contributed by atoms with Crippen LogP contribution in [0.4, 0.5) is 18.9 Å². The molecule has 0 bridgehead atoms. The van der Waals surface area contributed by atoms with Gasteiger partial charge in [-0.15, -0.1) is 0 Å². The zero-order valence-corrected chi connectivity index (χ0v) is 13.5. The largest absolute Gasteiger partial charge is 0.405 e. The van der Waals surface area contributed by atoms with Crippen molar-refractivity contribution in [2.45, 2.75) is 26.4 Å². The van der Waals surface area contributed by atoms with Gasteiger partial charge in [-0.1, -0.05) is 11.2 Å². The summed E-state index contributed by atoms with van der Waals surface area (Å²) >= 11 is 0. The molecular weight excluding hydrogens is 339 g/mol. The first-order chi connectivity index (χ1) is 11.7. The number of hydrogen-bond donors (Lipinski definition) is 2. The minimum Gasteiger partial charge on any atom is -0.361 e. The van der Waals surface area contributed by atoms with Gasteiger partial charge in [0.2, 0.25) is 5.91 Å². The molecule has 0 saturated carbocycles. The van der Waals surface area contributed by atoms with E-state index in [0.717, 1.165) is 0 Å². The number of aryl methyl sites for hydroxylation is 2. The Hall–Kier alpha value is -2.84. The Bertz CT molecular complexity index is 765. The van der Waals surface area contributed by atoms with Crippen LogP contribution in [0.25, 0.3) is 0 Å². The first kappa shape index (κ1) is 18.5. The first-order valence-corrected chi connectivity index (χ1v) is 7.32. The van der Waals surface area contributed by atoms with Crippen LogP contribution in [0.1, 0.15) is 27.4 Å². The summed E-state index contributed by atoms with van der Waals surface area (Å²) in [5, 5.41) is 8.12. The third-order valence-corrected chi connectivity index (χ3v) is 3.38. The molecule has 1 aromatic heterocycles.